The lowest BCUT2D eigenvalue weighted by molar-refractivity contribution is -0.139. The summed E-state index contributed by atoms with van der Waals surface area (Å²) in [6.45, 7) is 1.74. The van der Waals surface area contributed by atoms with E-state index < -0.39 is 27.3 Å². The van der Waals surface area contributed by atoms with Crippen molar-refractivity contribution in [1.82, 2.24) is 4.98 Å². The molecule has 0 bridgehead atoms. The van der Waals surface area contributed by atoms with Crippen LogP contribution in [0.3, 0.4) is 0 Å². The molecule has 1 aromatic heterocycles. The lowest BCUT2D eigenvalue weighted by atomic mass is 10.3. The fraction of sp³-hybridized carbons (Fsp3) is 0.333. The number of esters is 1. The van der Waals surface area contributed by atoms with Crippen molar-refractivity contribution in [2.24, 2.45) is 0 Å². The van der Waals surface area contributed by atoms with Gasteiger partial charge in [0.25, 0.3) is 0 Å². The molecule has 0 aliphatic rings. The number of benzene rings is 1. The van der Waals surface area contributed by atoms with E-state index in [1.54, 1.807) is 25.1 Å². The molecule has 2 aromatic rings. The normalized spacial score (nSPS) is 11.7. The van der Waals surface area contributed by atoms with Crippen LogP contribution in [0.5, 0.6) is 0 Å². The standard InChI is InChI=1S/C12H14N2O5S/c1-2-18-11(15)7-20(16,17)6-10-14-12-8(13)4-3-5-9(12)19-10/h3-5H,2,6-7,13H2,1H3. The number of carbonyl (C=O) groups is 1. The number of hydrogen-bond donors (Lipinski definition) is 1. The van der Waals surface area contributed by atoms with E-state index in [4.69, 9.17) is 10.2 Å². The van der Waals surface area contributed by atoms with Crippen LogP contribution in [0.1, 0.15) is 12.8 Å². The van der Waals surface area contributed by atoms with Crippen LogP contribution < -0.4 is 5.73 Å². The molecule has 2 rings (SSSR count). The number of nitrogens with two attached hydrogens (primary N) is 1. The molecule has 0 radical (unpaired) electrons. The van der Waals surface area contributed by atoms with Gasteiger partial charge < -0.3 is 14.9 Å². The van der Waals surface area contributed by atoms with Crippen molar-refractivity contribution >= 4 is 32.6 Å². The number of fused-ring (bicyclic) bond motifs is 1. The molecule has 108 valence electrons. The Bertz CT molecular complexity index is 735. The highest BCUT2D eigenvalue weighted by Gasteiger charge is 2.21. The Morgan fingerprint density at radius 3 is 2.85 bits per heavy atom. The Labute approximate surface area is 115 Å². The van der Waals surface area contributed by atoms with Crippen molar-refractivity contribution in [3.63, 3.8) is 0 Å². The number of oxazole rings is 1. The highest BCUT2D eigenvalue weighted by molar-refractivity contribution is 7.91. The van der Waals surface area contributed by atoms with Crippen molar-refractivity contribution in [2.45, 2.75) is 12.7 Å². The largest absolute Gasteiger partial charge is 0.465 e. The first kappa shape index (κ1) is 14.3. The third kappa shape index (κ3) is 3.27. The van der Waals surface area contributed by atoms with Gasteiger partial charge in [0.05, 0.1) is 12.3 Å². The Morgan fingerprint density at radius 1 is 1.45 bits per heavy atom. The first-order chi connectivity index (χ1) is 9.41. The van der Waals surface area contributed by atoms with Crippen LogP contribution in [-0.4, -0.2) is 31.7 Å². The Balaban J connectivity index is 2.19. The summed E-state index contributed by atoms with van der Waals surface area (Å²) in [5.74, 6) is -1.96. The molecule has 1 heterocycles. The van der Waals surface area contributed by atoms with Crippen LogP contribution in [-0.2, 0) is 25.1 Å². The minimum atomic E-state index is -3.69. The predicted octanol–water partition coefficient (Wildman–Crippen LogP) is 0.888. The molecule has 0 aliphatic carbocycles. The highest BCUT2D eigenvalue weighted by atomic mass is 32.2. The quantitative estimate of drug-likeness (QED) is 0.644. The van der Waals surface area contributed by atoms with Crippen molar-refractivity contribution in [2.75, 3.05) is 18.1 Å². The molecule has 0 saturated heterocycles. The van der Waals surface area contributed by atoms with Crippen LogP contribution in [0, 0.1) is 0 Å². The summed E-state index contributed by atoms with van der Waals surface area (Å²) in [5.41, 5.74) is 6.93. The van der Waals surface area contributed by atoms with Gasteiger partial charge in [0.1, 0.15) is 17.0 Å². The lowest BCUT2D eigenvalue weighted by Crippen LogP contribution is -2.20. The van der Waals surface area contributed by atoms with Crippen molar-refractivity contribution in [3.05, 3.63) is 24.1 Å². The molecule has 0 saturated carbocycles. The summed E-state index contributed by atoms with van der Waals surface area (Å²) in [6.07, 6.45) is 0. The second kappa shape index (κ2) is 5.49. The first-order valence-electron chi connectivity index (χ1n) is 5.91. The summed E-state index contributed by atoms with van der Waals surface area (Å²) >= 11 is 0. The molecule has 0 amide bonds. The third-order valence-electron chi connectivity index (χ3n) is 2.48. The first-order valence-corrected chi connectivity index (χ1v) is 7.73. The van der Waals surface area contributed by atoms with Crippen molar-refractivity contribution in [1.29, 1.82) is 0 Å². The lowest BCUT2D eigenvalue weighted by Gasteiger charge is -2.01. The van der Waals surface area contributed by atoms with Gasteiger partial charge in [-0.05, 0) is 19.1 Å². The third-order valence-corrected chi connectivity index (χ3v) is 3.84. The van der Waals surface area contributed by atoms with Crippen LogP contribution >= 0.6 is 0 Å². The van der Waals surface area contributed by atoms with Crippen molar-refractivity contribution in [3.8, 4) is 0 Å². The van der Waals surface area contributed by atoms with Gasteiger partial charge in [-0.3, -0.25) is 4.79 Å². The van der Waals surface area contributed by atoms with Gasteiger partial charge in [0.2, 0.25) is 5.89 Å². The average molecular weight is 298 g/mol. The van der Waals surface area contributed by atoms with Crippen LogP contribution in [0.15, 0.2) is 22.6 Å². The van der Waals surface area contributed by atoms with E-state index >= 15 is 0 Å². The number of nitrogens with zero attached hydrogens (tertiary/aromatic N) is 1. The summed E-state index contributed by atoms with van der Waals surface area (Å²) in [7, 11) is -3.69. The molecular weight excluding hydrogens is 284 g/mol. The number of hydrogen-bond acceptors (Lipinski definition) is 7. The highest BCUT2D eigenvalue weighted by Crippen LogP contribution is 2.22. The second-order valence-electron chi connectivity index (χ2n) is 4.14. The van der Waals surface area contributed by atoms with Gasteiger partial charge in [0, 0.05) is 0 Å². The van der Waals surface area contributed by atoms with E-state index in [0.717, 1.165) is 0 Å². The maximum absolute atomic E-state index is 11.8. The number of nitrogen functional groups attached to an aromatic ring is 1. The molecule has 0 spiro atoms. The van der Waals surface area contributed by atoms with Crippen molar-refractivity contribution < 1.29 is 22.4 Å². The molecule has 20 heavy (non-hydrogen) atoms. The number of sulfone groups is 1. The van der Waals surface area contributed by atoms with E-state index in [1.807, 2.05) is 0 Å². The maximum atomic E-state index is 11.8. The van der Waals surface area contributed by atoms with E-state index in [-0.39, 0.29) is 12.5 Å². The van der Waals surface area contributed by atoms with E-state index in [1.165, 1.54) is 0 Å². The smallest absolute Gasteiger partial charge is 0.321 e. The summed E-state index contributed by atoms with van der Waals surface area (Å²) in [6, 6.07) is 4.96. The summed E-state index contributed by atoms with van der Waals surface area (Å²) in [4.78, 5) is 15.2. The Kier molecular flexibility index (Phi) is 3.93. The van der Waals surface area contributed by atoms with Crippen LogP contribution in [0.2, 0.25) is 0 Å². The van der Waals surface area contributed by atoms with E-state index in [0.29, 0.717) is 16.8 Å². The number of para-hydroxylation sites is 1. The van der Waals surface area contributed by atoms with E-state index in [9.17, 15) is 13.2 Å². The average Bonchev–Trinajstić information content (AvgIpc) is 2.71. The molecule has 1 aromatic carbocycles. The number of ether oxygens (including phenoxy) is 1. The summed E-state index contributed by atoms with van der Waals surface area (Å²) < 4.78 is 33.5. The molecule has 0 aliphatic heterocycles. The zero-order valence-corrected chi connectivity index (χ0v) is 11.6. The molecule has 0 unspecified atom stereocenters. The number of carbonyl (C=O) groups excluding carboxylic acids is 1. The van der Waals surface area contributed by atoms with Gasteiger partial charge in [-0.1, -0.05) is 6.07 Å². The van der Waals surface area contributed by atoms with Gasteiger partial charge in [-0.25, -0.2) is 13.4 Å². The molecular formula is C12H14N2O5S. The zero-order chi connectivity index (χ0) is 14.8. The Hall–Kier alpha value is -2.09. The van der Waals surface area contributed by atoms with Gasteiger partial charge in [-0.15, -0.1) is 0 Å². The number of rotatable bonds is 5. The SMILES string of the molecule is CCOC(=O)CS(=O)(=O)Cc1nc2c(N)cccc2o1. The fourth-order valence-corrected chi connectivity index (χ4v) is 2.74. The molecule has 2 N–H and O–H groups in total. The molecule has 0 fully saturated rings. The van der Waals surface area contributed by atoms with E-state index in [2.05, 4.69) is 9.72 Å². The fourth-order valence-electron chi connectivity index (χ4n) is 1.70. The Morgan fingerprint density at radius 2 is 2.20 bits per heavy atom. The van der Waals surface area contributed by atoms with Gasteiger partial charge in [0.15, 0.2) is 15.4 Å². The molecule has 7 nitrogen and oxygen atoms in total. The maximum Gasteiger partial charge on any atom is 0.321 e. The topological polar surface area (TPSA) is 112 Å². The molecule has 0 atom stereocenters. The number of anilines is 1. The predicted molar refractivity (Wildman–Crippen MR) is 72.5 cm³/mol. The van der Waals surface area contributed by atoms with Gasteiger partial charge >= 0.3 is 5.97 Å². The number of aromatic nitrogens is 1. The van der Waals surface area contributed by atoms with Gasteiger partial charge in [-0.2, -0.15) is 0 Å². The minimum Gasteiger partial charge on any atom is -0.465 e. The summed E-state index contributed by atoms with van der Waals surface area (Å²) in [5, 5.41) is 0. The van der Waals surface area contributed by atoms with Crippen LogP contribution in [0.4, 0.5) is 5.69 Å². The van der Waals surface area contributed by atoms with Crippen LogP contribution in [0.25, 0.3) is 11.1 Å². The zero-order valence-electron chi connectivity index (χ0n) is 10.8. The molecule has 8 heteroatoms. The second-order valence-corrected chi connectivity index (χ2v) is 6.20. The monoisotopic (exact) mass is 298 g/mol. The minimum absolute atomic E-state index is 0.00204.